The molecule has 0 spiro atoms. The van der Waals surface area contributed by atoms with E-state index in [1.165, 1.54) is 0 Å². The minimum absolute atomic E-state index is 0.0932. The molecule has 1 aliphatic rings. The Morgan fingerprint density at radius 3 is 2.40 bits per heavy atom. The summed E-state index contributed by atoms with van der Waals surface area (Å²) in [7, 11) is 0. The van der Waals surface area contributed by atoms with Crippen molar-refractivity contribution in [2.24, 2.45) is 11.8 Å². The predicted octanol–water partition coefficient (Wildman–Crippen LogP) is 4.87. The molecule has 0 atom stereocenters. The van der Waals surface area contributed by atoms with Gasteiger partial charge in [0.15, 0.2) is 0 Å². The number of nitrogens with one attached hydrogen (secondary N) is 2. The van der Waals surface area contributed by atoms with Crippen molar-refractivity contribution in [2.75, 3.05) is 29.9 Å². The molecule has 0 radical (unpaired) electrons. The number of hydrogen-bond acceptors (Lipinski definition) is 3. The van der Waals surface area contributed by atoms with Crippen LogP contribution in [0, 0.1) is 18.8 Å². The van der Waals surface area contributed by atoms with Crippen LogP contribution in [0.15, 0.2) is 42.5 Å². The van der Waals surface area contributed by atoms with Gasteiger partial charge in [0.05, 0.1) is 5.56 Å². The highest BCUT2D eigenvalue weighted by Gasteiger charge is 2.22. The SMILES string of the molecule is Cc1ccccc1C(=O)Nc1ccc(N2CCC(C)CC2)c(C(=O)NCC(C)C)c1. The summed E-state index contributed by atoms with van der Waals surface area (Å²) in [5, 5.41) is 5.99. The number of aryl methyl sites for hydroxylation is 1. The van der Waals surface area contributed by atoms with E-state index < -0.39 is 0 Å². The van der Waals surface area contributed by atoms with Crippen molar-refractivity contribution < 1.29 is 9.59 Å². The van der Waals surface area contributed by atoms with Gasteiger partial charge in [-0.3, -0.25) is 9.59 Å². The number of amides is 2. The maximum atomic E-state index is 13.0. The standard InChI is InChI=1S/C25H33N3O2/c1-17(2)16-26-24(29)22-15-20(27-25(30)21-8-6-5-7-19(21)4)9-10-23(22)28-13-11-18(3)12-14-28/h5-10,15,17-18H,11-14,16H2,1-4H3,(H,26,29)(H,27,30). The van der Waals surface area contributed by atoms with Crippen molar-refractivity contribution in [1.29, 1.82) is 0 Å². The van der Waals surface area contributed by atoms with E-state index in [4.69, 9.17) is 0 Å². The van der Waals surface area contributed by atoms with E-state index in [0.717, 1.165) is 37.2 Å². The normalized spacial score (nSPS) is 14.6. The first-order chi connectivity index (χ1) is 14.3. The Morgan fingerprint density at radius 1 is 1.03 bits per heavy atom. The van der Waals surface area contributed by atoms with E-state index >= 15 is 0 Å². The average molecular weight is 408 g/mol. The van der Waals surface area contributed by atoms with Crippen molar-refractivity contribution in [3.05, 3.63) is 59.2 Å². The van der Waals surface area contributed by atoms with E-state index in [2.05, 4.69) is 36.3 Å². The summed E-state index contributed by atoms with van der Waals surface area (Å²) in [5.41, 5.74) is 3.75. The summed E-state index contributed by atoms with van der Waals surface area (Å²) < 4.78 is 0. The fourth-order valence-corrected chi connectivity index (χ4v) is 3.74. The third-order valence-electron chi connectivity index (χ3n) is 5.68. The first-order valence-corrected chi connectivity index (χ1v) is 10.9. The van der Waals surface area contributed by atoms with E-state index in [1.807, 2.05) is 43.3 Å². The van der Waals surface area contributed by atoms with Gasteiger partial charge in [0.1, 0.15) is 0 Å². The number of carbonyl (C=O) groups excluding carboxylic acids is 2. The van der Waals surface area contributed by atoms with Crippen molar-refractivity contribution in [2.45, 2.75) is 40.5 Å². The molecule has 0 aromatic heterocycles. The molecule has 1 heterocycles. The van der Waals surface area contributed by atoms with Crippen LogP contribution in [-0.4, -0.2) is 31.4 Å². The Kier molecular flexibility index (Phi) is 7.14. The van der Waals surface area contributed by atoms with E-state index in [9.17, 15) is 9.59 Å². The zero-order valence-electron chi connectivity index (χ0n) is 18.5. The van der Waals surface area contributed by atoms with Crippen LogP contribution < -0.4 is 15.5 Å². The molecule has 160 valence electrons. The molecule has 1 aliphatic heterocycles. The molecule has 0 aliphatic carbocycles. The number of rotatable bonds is 6. The Hall–Kier alpha value is -2.82. The molecule has 1 saturated heterocycles. The molecule has 2 amide bonds. The summed E-state index contributed by atoms with van der Waals surface area (Å²) >= 11 is 0. The minimum atomic E-state index is -0.166. The number of hydrogen-bond donors (Lipinski definition) is 2. The van der Waals surface area contributed by atoms with Gasteiger partial charge in [-0.1, -0.05) is 39.0 Å². The van der Waals surface area contributed by atoms with E-state index in [0.29, 0.717) is 35.2 Å². The summed E-state index contributed by atoms with van der Waals surface area (Å²) in [6.45, 7) is 10.9. The lowest BCUT2D eigenvalue weighted by Gasteiger charge is -2.33. The van der Waals surface area contributed by atoms with Gasteiger partial charge in [0.2, 0.25) is 0 Å². The molecule has 5 heteroatoms. The van der Waals surface area contributed by atoms with Crippen LogP contribution in [0.2, 0.25) is 0 Å². The van der Waals surface area contributed by atoms with Crippen LogP contribution in [0.25, 0.3) is 0 Å². The third kappa shape index (κ3) is 5.41. The summed E-state index contributed by atoms with van der Waals surface area (Å²) in [4.78, 5) is 28.0. The molecular weight excluding hydrogens is 374 g/mol. The smallest absolute Gasteiger partial charge is 0.255 e. The molecule has 2 N–H and O–H groups in total. The Balaban J connectivity index is 1.86. The van der Waals surface area contributed by atoms with Gasteiger partial charge < -0.3 is 15.5 Å². The highest BCUT2D eigenvalue weighted by atomic mass is 16.2. The fourth-order valence-electron chi connectivity index (χ4n) is 3.74. The van der Waals surface area contributed by atoms with Crippen LogP contribution in [0.4, 0.5) is 11.4 Å². The lowest BCUT2D eigenvalue weighted by Crippen LogP contribution is -2.35. The molecule has 0 saturated carbocycles. The summed E-state index contributed by atoms with van der Waals surface area (Å²) in [5.74, 6) is 0.829. The van der Waals surface area contributed by atoms with Gasteiger partial charge in [-0.2, -0.15) is 0 Å². The van der Waals surface area contributed by atoms with Crippen LogP contribution in [0.3, 0.4) is 0 Å². The highest BCUT2D eigenvalue weighted by molar-refractivity contribution is 6.07. The number of benzene rings is 2. The molecule has 0 unspecified atom stereocenters. The first kappa shape index (κ1) is 21.9. The lowest BCUT2D eigenvalue weighted by atomic mass is 9.97. The number of anilines is 2. The number of piperidine rings is 1. The topological polar surface area (TPSA) is 61.4 Å². The van der Waals surface area contributed by atoms with Gasteiger partial charge in [-0.25, -0.2) is 0 Å². The van der Waals surface area contributed by atoms with Gasteiger partial charge in [0, 0.05) is 36.6 Å². The summed E-state index contributed by atoms with van der Waals surface area (Å²) in [6, 6.07) is 13.2. The van der Waals surface area contributed by atoms with Crippen molar-refractivity contribution in [3.8, 4) is 0 Å². The average Bonchev–Trinajstić information content (AvgIpc) is 2.73. The molecule has 30 heavy (non-hydrogen) atoms. The fraction of sp³-hybridized carbons (Fsp3) is 0.440. The molecule has 1 fully saturated rings. The molecule has 0 bridgehead atoms. The van der Waals surface area contributed by atoms with Gasteiger partial charge in [-0.05, 0) is 61.4 Å². The quantitative estimate of drug-likeness (QED) is 0.718. The molecule has 3 rings (SSSR count). The van der Waals surface area contributed by atoms with Crippen LogP contribution in [0.1, 0.15) is 59.9 Å². The van der Waals surface area contributed by atoms with Gasteiger partial charge in [-0.15, -0.1) is 0 Å². The third-order valence-corrected chi connectivity index (χ3v) is 5.68. The Bertz CT molecular complexity index is 899. The maximum Gasteiger partial charge on any atom is 0.255 e. The minimum Gasteiger partial charge on any atom is -0.371 e. The molecule has 2 aromatic rings. The van der Waals surface area contributed by atoms with Crippen LogP contribution in [-0.2, 0) is 0 Å². The second-order valence-electron chi connectivity index (χ2n) is 8.77. The van der Waals surface area contributed by atoms with E-state index in [-0.39, 0.29) is 11.8 Å². The Labute approximate surface area is 179 Å². The number of nitrogens with zero attached hydrogens (tertiary/aromatic N) is 1. The Morgan fingerprint density at radius 2 is 1.73 bits per heavy atom. The zero-order chi connectivity index (χ0) is 21.7. The maximum absolute atomic E-state index is 13.0. The predicted molar refractivity (Wildman–Crippen MR) is 123 cm³/mol. The van der Waals surface area contributed by atoms with E-state index in [1.54, 1.807) is 6.07 Å². The largest absolute Gasteiger partial charge is 0.371 e. The monoisotopic (exact) mass is 407 g/mol. The van der Waals surface area contributed by atoms with Crippen LogP contribution in [0.5, 0.6) is 0 Å². The first-order valence-electron chi connectivity index (χ1n) is 10.9. The van der Waals surface area contributed by atoms with Gasteiger partial charge in [0.25, 0.3) is 11.8 Å². The lowest BCUT2D eigenvalue weighted by molar-refractivity contribution is 0.0948. The molecular formula is C25H33N3O2. The molecule has 5 nitrogen and oxygen atoms in total. The van der Waals surface area contributed by atoms with Crippen molar-refractivity contribution in [1.82, 2.24) is 5.32 Å². The second kappa shape index (κ2) is 9.79. The van der Waals surface area contributed by atoms with Crippen molar-refractivity contribution in [3.63, 3.8) is 0 Å². The van der Waals surface area contributed by atoms with Crippen LogP contribution >= 0.6 is 0 Å². The summed E-state index contributed by atoms with van der Waals surface area (Å²) in [6.07, 6.45) is 2.25. The van der Waals surface area contributed by atoms with Crippen molar-refractivity contribution >= 4 is 23.2 Å². The zero-order valence-corrected chi connectivity index (χ0v) is 18.5. The highest BCUT2D eigenvalue weighted by Crippen LogP contribution is 2.29. The van der Waals surface area contributed by atoms with Gasteiger partial charge >= 0.3 is 0 Å². The number of carbonyl (C=O) groups is 2. The molecule has 2 aromatic carbocycles. The second-order valence-corrected chi connectivity index (χ2v) is 8.77.